The zero-order chi connectivity index (χ0) is 18.4. The van der Waals surface area contributed by atoms with E-state index < -0.39 is 19.0 Å². The number of carbonyl (C=O) groups is 2. The van der Waals surface area contributed by atoms with Gasteiger partial charge in [0.25, 0.3) is 5.92 Å². The number of halogens is 2. The Labute approximate surface area is 151 Å². The number of hydrogen-bond donors (Lipinski definition) is 0. The third kappa shape index (κ3) is 3.08. The molecule has 2 aliphatic heterocycles. The maximum absolute atomic E-state index is 13.1. The number of alkyl halides is 2. The Balaban J connectivity index is 1.41. The lowest BCUT2D eigenvalue weighted by molar-refractivity contribution is -0.172. The third-order valence-corrected chi connectivity index (χ3v) is 6.16. The standard InChI is InChI=1S/C19H23F2N3O2/c20-19(21)12-24(13-19)17(26)15-5-3-6-18(15)7-9-23(11-18)16(25)10-14-4-1-2-8-22-14/h1-2,4,8,15H,3,5-7,9-13H2. The van der Waals surface area contributed by atoms with Crippen molar-refractivity contribution < 1.29 is 18.4 Å². The molecule has 26 heavy (non-hydrogen) atoms. The first kappa shape index (κ1) is 17.4. The zero-order valence-corrected chi connectivity index (χ0v) is 14.7. The molecule has 2 amide bonds. The molecule has 5 nitrogen and oxygen atoms in total. The summed E-state index contributed by atoms with van der Waals surface area (Å²) in [6.45, 7) is 0.270. The predicted molar refractivity (Wildman–Crippen MR) is 90.4 cm³/mol. The summed E-state index contributed by atoms with van der Waals surface area (Å²) in [5.74, 6) is -3.09. The highest BCUT2D eigenvalue weighted by atomic mass is 19.3. The molecule has 4 rings (SSSR count). The summed E-state index contributed by atoms with van der Waals surface area (Å²) in [7, 11) is 0. The van der Waals surface area contributed by atoms with Crippen LogP contribution in [0.2, 0.25) is 0 Å². The number of aromatic nitrogens is 1. The molecule has 2 unspecified atom stereocenters. The second-order valence-electron chi connectivity index (χ2n) is 7.92. The van der Waals surface area contributed by atoms with Crippen molar-refractivity contribution in [2.45, 2.75) is 38.0 Å². The topological polar surface area (TPSA) is 53.5 Å². The summed E-state index contributed by atoms with van der Waals surface area (Å²) >= 11 is 0. The van der Waals surface area contributed by atoms with Gasteiger partial charge < -0.3 is 9.80 Å². The van der Waals surface area contributed by atoms with Gasteiger partial charge in [-0.2, -0.15) is 0 Å². The number of rotatable bonds is 3. The maximum atomic E-state index is 13.1. The molecule has 0 radical (unpaired) electrons. The predicted octanol–water partition coefficient (Wildman–Crippen LogP) is 2.12. The van der Waals surface area contributed by atoms with Gasteiger partial charge in [-0.05, 0) is 31.4 Å². The van der Waals surface area contributed by atoms with E-state index in [-0.39, 0.29) is 29.6 Å². The molecule has 0 N–H and O–H groups in total. The SMILES string of the molecule is O=C(Cc1ccccn1)N1CCC2(CCCC2C(=O)N2CC(F)(F)C2)C1. The molecule has 0 aromatic carbocycles. The van der Waals surface area contributed by atoms with E-state index >= 15 is 0 Å². The monoisotopic (exact) mass is 363 g/mol. The van der Waals surface area contributed by atoms with Crippen LogP contribution in [-0.2, 0) is 16.0 Å². The van der Waals surface area contributed by atoms with Gasteiger partial charge in [-0.1, -0.05) is 12.5 Å². The number of nitrogens with zero attached hydrogens (tertiary/aromatic N) is 3. The molecular weight excluding hydrogens is 340 g/mol. The van der Waals surface area contributed by atoms with Crippen molar-refractivity contribution >= 4 is 11.8 Å². The van der Waals surface area contributed by atoms with Crippen molar-refractivity contribution in [1.82, 2.24) is 14.8 Å². The molecule has 140 valence electrons. The summed E-state index contributed by atoms with van der Waals surface area (Å²) in [6, 6.07) is 5.50. The Morgan fingerprint density at radius 3 is 2.65 bits per heavy atom. The van der Waals surface area contributed by atoms with E-state index in [0.717, 1.165) is 31.4 Å². The zero-order valence-electron chi connectivity index (χ0n) is 14.7. The third-order valence-electron chi connectivity index (χ3n) is 6.16. The minimum absolute atomic E-state index is 0.0224. The molecule has 1 spiro atoms. The van der Waals surface area contributed by atoms with Crippen LogP contribution in [-0.4, -0.2) is 58.7 Å². The fraction of sp³-hybridized carbons (Fsp3) is 0.632. The van der Waals surface area contributed by atoms with Gasteiger partial charge in [-0.15, -0.1) is 0 Å². The summed E-state index contributed by atoms with van der Waals surface area (Å²) in [4.78, 5) is 32.6. The fourth-order valence-corrected chi connectivity index (χ4v) is 4.78. The Morgan fingerprint density at radius 1 is 1.15 bits per heavy atom. The first-order chi connectivity index (χ1) is 12.4. The van der Waals surface area contributed by atoms with Gasteiger partial charge in [0.1, 0.15) is 0 Å². The number of likely N-dealkylation sites (tertiary alicyclic amines) is 2. The average molecular weight is 363 g/mol. The van der Waals surface area contributed by atoms with Gasteiger partial charge in [-0.25, -0.2) is 8.78 Å². The van der Waals surface area contributed by atoms with Crippen LogP contribution in [0.4, 0.5) is 8.78 Å². The Hall–Kier alpha value is -2.05. The van der Waals surface area contributed by atoms with Crippen LogP contribution in [0.5, 0.6) is 0 Å². The van der Waals surface area contributed by atoms with Crippen LogP contribution in [0.3, 0.4) is 0 Å². The second kappa shape index (κ2) is 6.28. The lowest BCUT2D eigenvalue weighted by Gasteiger charge is -2.42. The molecule has 0 bridgehead atoms. The summed E-state index contributed by atoms with van der Waals surface area (Å²) < 4.78 is 26.3. The van der Waals surface area contributed by atoms with E-state index in [1.54, 1.807) is 6.20 Å². The van der Waals surface area contributed by atoms with E-state index in [1.807, 2.05) is 23.1 Å². The van der Waals surface area contributed by atoms with E-state index in [1.165, 1.54) is 4.90 Å². The van der Waals surface area contributed by atoms with Gasteiger partial charge in [0.2, 0.25) is 11.8 Å². The minimum Gasteiger partial charge on any atom is -0.342 e. The summed E-state index contributed by atoms with van der Waals surface area (Å²) in [6.07, 6.45) is 5.26. The van der Waals surface area contributed by atoms with Gasteiger partial charge in [0, 0.05) is 36.3 Å². The fourth-order valence-electron chi connectivity index (χ4n) is 4.78. The van der Waals surface area contributed by atoms with Gasteiger partial charge in [0.15, 0.2) is 0 Å². The normalized spacial score (nSPS) is 29.8. The molecule has 2 saturated heterocycles. The van der Waals surface area contributed by atoms with E-state index in [0.29, 0.717) is 13.1 Å². The highest BCUT2D eigenvalue weighted by molar-refractivity contribution is 5.82. The molecule has 3 aliphatic rings. The van der Waals surface area contributed by atoms with Gasteiger partial charge in [-0.3, -0.25) is 14.6 Å². The van der Waals surface area contributed by atoms with Crippen molar-refractivity contribution in [2.75, 3.05) is 26.2 Å². The highest BCUT2D eigenvalue weighted by Crippen LogP contribution is 2.51. The van der Waals surface area contributed by atoms with Crippen molar-refractivity contribution in [3.8, 4) is 0 Å². The molecule has 1 saturated carbocycles. The van der Waals surface area contributed by atoms with Crippen molar-refractivity contribution in [2.24, 2.45) is 11.3 Å². The van der Waals surface area contributed by atoms with Crippen LogP contribution >= 0.6 is 0 Å². The Bertz CT molecular complexity index is 704. The van der Waals surface area contributed by atoms with Crippen LogP contribution in [0.1, 0.15) is 31.4 Å². The van der Waals surface area contributed by atoms with Crippen LogP contribution in [0.15, 0.2) is 24.4 Å². The quantitative estimate of drug-likeness (QED) is 0.827. The van der Waals surface area contributed by atoms with E-state index in [9.17, 15) is 18.4 Å². The van der Waals surface area contributed by atoms with Crippen molar-refractivity contribution in [1.29, 1.82) is 0 Å². The molecular formula is C19H23F2N3O2. The Kier molecular flexibility index (Phi) is 4.20. The van der Waals surface area contributed by atoms with Crippen LogP contribution in [0.25, 0.3) is 0 Å². The summed E-state index contributed by atoms with van der Waals surface area (Å²) in [5.41, 5.74) is 0.502. The lowest BCUT2D eigenvalue weighted by atomic mass is 9.76. The number of hydrogen-bond acceptors (Lipinski definition) is 3. The molecule has 1 aromatic heterocycles. The summed E-state index contributed by atoms with van der Waals surface area (Å²) in [5, 5.41) is 0. The molecule has 3 heterocycles. The lowest BCUT2D eigenvalue weighted by Crippen LogP contribution is -2.60. The second-order valence-corrected chi connectivity index (χ2v) is 7.92. The molecule has 3 fully saturated rings. The van der Waals surface area contributed by atoms with Crippen LogP contribution in [0, 0.1) is 11.3 Å². The number of amides is 2. The molecule has 1 aliphatic carbocycles. The van der Waals surface area contributed by atoms with Gasteiger partial charge in [0.05, 0.1) is 19.5 Å². The van der Waals surface area contributed by atoms with Crippen molar-refractivity contribution in [3.63, 3.8) is 0 Å². The number of pyridine rings is 1. The van der Waals surface area contributed by atoms with Crippen molar-refractivity contribution in [3.05, 3.63) is 30.1 Å². The largest absolute Gasteiger partial charge is 0.342 e. The average Bonchev–Trinajstić information content (AvgIpc) is 3.20. The number of carbonyl (C=O) groups excluding carboxylic acids is 2. The maximum Gasteiger partial charge on any atom is 0.282 e. The van der Waals surface area contributed by atoms with E-state index in [4.69, 9.17) is 0 Å². The minimum atomic E-state index is -2.73. The molecule has 7 heteroatoms. The first-order valence-corrected chi connectivity index (χ1v) is 9.23. The highest BCUT2D eigenvalue weighted by Gasteiger charge is 2.55. The molecule has 1 aromatic rings. The molecule has 2 atom stereocenters. The van der Waals surface area contributed by atoms with Crippen LogP contribution < -0.4 is 0 Å². The van der Waals surface area contributed by atoms with E-state index in [2.05, 4.69) is 4.98 Å². The first-order valence-electron chi connectivity index (χ1n) is 9.23. The smallest absolute Gasteiger partial charge is 0.282 e. The van der Waals surface area contributed by atoms with Gasteiger partial charge >= 0.3 is 0 Å². The Morgan fingerprint density at radius 2 is 1.96 bits per heavy atom.